The van der Waals surface area contributed by atoms with Crippen molar-refractivity contribution in [1.82, 2.24) is 4.90 Å². The molecule has 26 heavy (non-hydrogen) atoms. The Morgan fingerprint density at radius 1 is 1.00 bits per heavy atom. The molecule has 0 aliphatic carbocycles. The van der Waals surface area contributed by atoms with Gasteiger partial charge < -0.3 is 0 Å². The lowest BCUT2D eigenvalue weighted by Crippen LogP contribution is -2.20. The van der Waals surface area contributed by atoms with E-state index in [1.807, 2.05) is 13.8 Å². The van der Waals surface area contributed by atoms with Gasteiger partial charge >= 0.3 is 0 Å². The first-order valence-electron chi connectivity index (χ1n) is 9.32. The van der Waals surface area contributed by atoms with Crippen molar-refractivity contribution >= 4 is 45.2 Å². The van der Waals surface area contributed by atoms with Crippen molar-refractivity contribution in [2.45, 2.75) is 35.2 Å². The van der Waals surface area contributed by atoms with Crippen molar-refractivity contribution < 1.29 is 0 Å². The number of hydrogen-bond acceptors (Lipinski definition) is 1. The summed E-state index contributed by atoms with van der Waals surface area (Å²) in [5.41, 5.74) is 2.83. The number of likely N-dealkylation sites (tertiary alicyclic amines) is 1. The van der Waals surface area contributed by atoms with Gasteiger partial charge in [0.1, 0.15) is 0 Å². The van der Waals surface area contributed by atoms with E-state index >= 15 is 0 Å². The summed E-state index contributed by atoms with van der Waals surface area (Å²) < 4.78 is 0.773. The van der Waals surface area contributed by atoms with Gasteiger partial charge in [-0.2, -0.15) is 0 Å². The molecule has 1 heterocycles. The van der Waals surface area contributed by atoms with Crippen LogP contribution in [0.1, 0.15) is 37.8 Å². The van der Waals surface area contributed by atoms with E-state index < -0.39 is 0 Å². The molecule has 142 valence electrons. The zero-order chi connectivity index (χ0) is 19.4. The Labute approximate surface area is 187 Å². The van der Waals surface area contributed by atoms with Gasteiger partial charge in [-0.05, 0) is 24.0 Å². The summed E-state index contributed by atoms with van der Waals surface area (Å²) in [6.45, 7) is 13.4. The Hall–Kier alpha value is -0.400. The lowest BCUT2D eigenvalue weighted by molar-refractivity contribution is 0.322. The average molecular weight is 575 g/mol. The van der Waals surface area contributed by atoms with Gasteiger partial charge in [0, 0.05) is 25.6 Å². The maximum absolute atomic E-state index is 4.03. The molecule has 0 saturated carbocycles. The molecule has 0 spiro atoms. The third-order valence-corrected chi connectivity index (χ3v) is 4.22. The minimum Gasteiger partial charge on any atom is -0.298 e. The Kier molecular flexibility index (Phi) is 12.5. The van der Waals surface area contributed by atoms with E-state index in [0.717, 1.165) is 21.6 Å². The largest absolute Gasteiger partial charge is 0.298 e. The molecular formula is C23H31I2N. The molecule has 0 N–H and O–H groups in total. The van der Waals surface area contributed by atoms with Gasteiger partial charge in [-0.25, -0.2) is 0 Å². The first kappa shape index (κ1) is 23.6. The lowest BCUT2D eigenvalue weighted by Gasteiger charge is -2.16. The van der Waals surface area contributed by atoms with Crippen molar-refractivity contribution in [1.29, 1.82) is 0 Å². The summed E-state index contributed by atoms with van der Waals surface area (Å²) in [4.78, 5) is 2.54. The van der Waals surface area contributed by atoms with Crippen LogP contribution in [0, 0.1) is 5.92 Å². The number of rotatable bonds is 4. The smallest absolute Gasteiger partial charge is 0.0598 e. The molecular weight excluding hydrogens is 544 g/mol. The van der Waals surface area contributed by atoms with Crippen molar-refractivity contribution in [3.05, 3.63) is 84.4 Å². The highest BCUT2D eigenvalue weighted by Crippen LogP contribution is 2.33. The molecule has 1 aliphatic heterocycles. The topological polar surface area (TPSA) is 3.24 Å². The van der Waals surface area contributed by atoms with Crippen LogP contribution in [0.3, 0.4) is 0 Å². The third kappa shape index (κ3) is 8.53. The van der Waals surface area contributed by atoms with Crippen molar-refractivity contribution in [3.8, 4) is 0 Å². The average Bonchev–Trinajstić information content (AvgIpc) is 3.07. The van der Waals surface area contributed by atoms with E-state index in [1.165, 1.54) is 11.1 Å². The standard InChI is InChI=1S/C19H21N.C2H4I2.C2H6/c1-2-17-14-20(13-16-9-5-3-6-10-16)15-19(17)18-11-7-4-8-12-18;1-2(3)4;1-2/h2-12,17,19H,1,13-15H2;2H,1H3;1-2H3/t17-,19-;;/m0../s1. The van der Waals surface area contributed by atoms with Gasteiger partial charge in [0.25, 0.3) is 0 Å². The van der Waals surface area contributed by atoms with E-state index in [2.05, 4.69) is 130 Å². The molecule has 3 rings (SSSR count). The van der Waals surface area contributed by atoms with Gasteiger partial charge in [0.05, 0.1) is 1.93 Å². The van der Waals surface area contributed by atoms with Crippen molar-refractivity contribution in [3.63, 3.8) is 0 Å². The van der Waals surface area contributed by atoms with Crippen LogP contribution in [-0.2, 0) is 6.54 Å². The van der Waals surface area contributed by atoms with Crippen LogP contribution in [-0.4, -0.2) is 19.9 Å². The van der Waals surface area contributed by atoms with E-state index in [0.29, 0.717) is 11.8 Å². The molecule has 0 unspecified atom stereocenters. The molecule has 3 heteroatoms. The lowest BCUT2D eigenvalue weighted by atomic mass is 9.89. The fourth-order valence-electron chi connectivity index (χ4n) is 3.18. The summed E-state index contributed by atoms with van der Waals surface area (Å²) in [6, 6.07) is 21.6. The Balaban J connectivity index is 0.000000500. The molecule has 1 nitrogen and oxygen atoms in total. The number of hydrogen-bond donors (Lipinski definition) is 0. The summed E-state index contributed by atoms with van der Waals surface area (Å²) in [5.74, 6) is 1.14. The van der Waals surface area contributed by atoms with E-state index in [1.54, 1.807) is 0 Å². The van der Waals surface area contributed by atoms with Crippen LogP contribution in [0.15, 0.2) is 73.3 Å². The molecule has 2 aromatic carbocycles. The predicted octanol–water partition coefficient (Wildman–Crippen LogP) is 7.32. The van der Waals surface area contributed by atoms with E-state index in [9.17, 15) is 0 Å². The number of benzene rings is 2. The number of nitrogens with zero attached hydrogens (tertiary/aromatic N) is 1. The summed E-state index contributed by atoms with van der Waals surface area (Å²) in [6.07, 6.45) is 2.13. The van der Waals surface area contributed by atoms with Crippen LogP contribution >= 0.6 is 45.2 Å². The molecule has 0 amide bonds. The van der Waals surface area contributed by atoms with Gasteiger partial charge in [-0.15, -0.1) is 6.58 Å². The van der Waals surface area contributed by atoms with E-state index in [4.69, 9.17) is 0 Å². The van der Waals surface area contributed by atoms with Gasteiger partial charge in [0.15, 0.2) is 0 Å². The summed E-state index contributed by atoms with van der Waals surface area (Å²) >= 11 is 4.66. The van der Waals surface area contributed by atoms with Crippen LogP contribution in [0.25, 0.3) is 0 Å². The van der Waals surface area contributed by atoms with Crippen LogP contribution in [0.5, 0.6) is 0 Å². The second kappa shape index (κ2) is 13.7. The molecule has 2 atom stereocenters. The second-order valence-electron chi connectivity index (χ2n) is 6.12. The molecule has 1 aliphatic rings. The third-order valence-electron chi connectivity index (χ3n) is 4.22. The quantitative estimate of drug-likeness (QED) is 0.210. The first-order chi connectivity index (χ1) is 12.6. The molecule has 0 aromatic heterocycles. The van der Waals surface area contributed by atoms with Crippen LogP contribution in [0.4, 0.5) is 0 Å². The maximum atomic E-state index is 4.03. The fraction of sp³-hybridized carbons (Fsp3) is 0.391. The van der Waals surface area contributed by atoms with Gasteiger partial charge in [-0.3, -0.25) is 4.90 Å². The monoisotopic (exact) mass is 575 g/mol. The molecule has 2 aromatic rings. The number of halogens is 2. The zero-order valence-corrected chi connectivity index (χ0v) is 20.4. The minimum absolute atomic E-state index is 0.557. The summed E-state index contributed by atoms with van der Waals surface area (Å²) in [7, 11) is 0. The highest BCUT2D eigenvalue weighted by Gasteiger charge is 2.31. The van der Waals surface area contributed by atoms with Gasteiger partial charge in [0.2, 0.25) is 0 Å². The molecule has 1 fully saturated rings. The number of alkyl halides is 2. The first-order valence-corrected chi connectivity index (χ1v) is 11.8. The Morgan fingerprint density at radius 2 is 1.50 bits per heavy atom. The minimum atomic E-state index is 0.557. The van der Waals surface area contributed by atoms with Crippen molar-refractivity contribution in [2.75, 3.05) is 13.1 Å². The van der Waals surface area contributed by atoms with Gasteiger partial charge in [-0.1, -0.05) is 126 Å². The molecule has 1 saturated heterocycles. The molecule has 0 bridgehead atoms. The maximum Gasteiger partial charge on any atom is 0.0598 e. The zero-order valence-electron chi connectivity index (χ0n) is 16.1. The fourth-order valence-corrected chi connectivity index (χ4v) is 3.18. The molecule has 0 radical (unpaired) electrons. The predicted molar refractivity (Wildman–Crippen MR) is 133 cm³/mol. The van der Waals surface area contributed by atoms with E-state index in [-0.39, 0.29) is 0 Å². The SMILES string of the molecule is C=C[C@H]1CN(Cc2ccccc2)C[C@@H]1c1ccccc1.CC.CC(I)I. The second-order valence-corrected chi connectivity index (χ2v) is 12.2. The van der Waals surface area contributed by atoms with Crippen LogP contribution < -0.4 is 0 Å². The van der Waals surface area contributed by atoms with Crippen LogP contribution in [0.2, 0.25) is 0 Å². The highest BCUT2D eigenvalue weighted by molar-refractivity contribution is 14.2. The normalized spacial score (nSPS) is 19.2. The highest BCUT2D eigenvalue weighted by atomic mass is 127. The summed E-state index contributed by atoms with van der Waals surface area (Å²) in [5, 5.41) is 0. The Bertz CT molecular complexity index is 595. The van der Waals surface area contributed by atoms with Crippen molar-refractivity contribution in [2.24, 2.45) is 5.92 Å². The Morgan fingerprint density at radius 3 is 2.00 bits per heavy atom.